The molecule has 7 nitrogen and oxygen atoms in total. The molecular formula is C20H37N7S. The van der Waals surface area contributed by atoms with Crippen molar-refractivity contribution in [3.8, 4) is 0 Å². The molecule has 0 unspecified atom stereocenters. The van der Waals surface area contributed by atoms with Gasteiger partial charge in [-0.3, -0.25) is 4.99 Å². The second kappa shape index (κ2) is 11.0. The molecule has 2 aliphatic rings. The molecule has 0 aliphatic carbocycles. The van der Waals surface area contributed by atoms with E-state index < -0.39 is 0 Å². The Hall–Kier alpha value is -1.41. The Kier molecular flexibility index (Phi) is 8.33. The van der Waals surface area contributed by atoms with Gasteiger partial charge in [-0.15, -0.1) is 0 Å². The van der Waals surface area contributed by atoms with Gasteiger partial charge in [-0.25, -0.2) is 4.98 Å². The molecule has 1 N–H and O–H groups in total. The molecule has 2 saturated heterocycles. The van der Waals surface area contributed by atoms with Crippen molar-refractivity contribution in [3.63, 3.8) is 0 Å². The third kappa shape index (κ3) is 6.04. The Morgan fingerprint density at radius 3 is 2.54 bits per heavy atom. The van der Waals surface area contributed by atoms with E-state index in [0.29, 0.717) is 0 Å². The lowest BCUT2D eigenvalue weighted by Crippen LogP contribution is -2.52. The molecule has 0 bridgehead atoms. The minimum absolute atomic E-state index is 0.907. The molecule has 0 saturated carbocycles. The predicted molar refractivity (Wildman–Crippen MR) is 119 cm³/mol. The fourth-order valence-corrected chi connectivity index (χ4v) is 4.71. The average Bonchev–Trinajstić information content (AvgIpc) is 3.22. The van der Waals surface area contributed by atoms with Gasteiger partial charge in [0.2, 0.25) is 5.13 Å². The first-order chi connectivity index (χ1) is 13.7. The first kappa shape index (κ1) is 21.3. The molecule has 0 amide bonds. The molecule has 28 heavy (non-hydrogen) atoms. The predicted octanol–water partition coefficient (Wildman–Crippen LogP) is 2.31. The highest BCUT2D eigenvalue weighted by Gasteiger charge is 2.22. The summed E-state index contributed by atoms with van der Waals surface area (Å²) in [4.78, 5) is 16.5. The third-order valence-corrected chi connectivity index (χ3v) is 6.71. The summed E-state index contributed by atoms with van der Waals surface area (Å²) in [5, 5.41) is 4.63. The van der Waals surface area contributed by atoms with Gasteiger partial charge in [0.25, 0.3) is 0 Å². The number of rotatable bonds is 7. The van der Waals surface area contributed by atoms with Gasteiger partial charge in [0, 0.05) is 57.7 Å². The Bertz CT molecular complexity index is 601. The lowest BCUT2D eigenvalue weighted by atomic mass is 9.99. The number of nitrogens with one attached hydrogen (secondary N) is 1. The highest BCUT2D eigenvalue weighted by Crippen LogP contribution is 2.19. The zero-order valence-electron chi connectivity index (χ0n) is 17.9. The molecule has 0 spiro atoms. The third-order valence-electron chi connectivity index (χ3n) is 5.90. The molecule has 2 fully saturated rings. The fourth-order valence-electron chi connectivity index (χ4n) is 3.90. The van der Waals surface area contributed by atoms with Crippen molar-refractivity contribution in [1.29, 1.82) is 0 Å². The lowest BCUT2D eigenvalue weighted by molar-refractivity contribution is 0.189. The SMILES string of the molecule is CCc1nsc(N2CCN(C(=NC)NCCCCN3CCC(C)CC3)CC2)n1. The number of likely N-dealkylation sites (tertiary alicyclic amines) is 1. The summed E-state index contributed by atoms with van der Waals surface area (Å²) in [7, 11) is 1.89. The Morgan fingerprint density at radius 1 is 1.14 bits per heavy atom. The summed E-state index contributed by atoms with van der Waals surface area (Å²) in [5.41, 5.74) is 0. The maximum atomic E-state index is 4.62. The summed E-state index contributed by atoms with van der Waals surface area (Å²) in [5.74, 6) is 2.92. The van der Waals surface area contributed by atoms with Crippen molar-refractivity contribution in [1.82, 2.24) is 24.5 Å². The van der Waals surface area contributed by atoms with E-state index in [9.17, 15) is 0 Å². The van der Waals surface area contributed by atoms with Crippen LogP contribution < -0.4 is 10.2 Å². The maximum absolute atomic E-state index is 4.62. The smallest absolute Gasteiger partial charge is 0.205 e. The van der Waals surface area contributed by atoms with Crippen LogP contribution in [0.15, 0.2) is 4.99 Å². The molecule has 0 aromatic carbocycles. The number of guanidine groups is 1. The second-order valence-electron chi connectivity index (χ2n) is 8.03. The summed E-state index contributed by atoms with van der Waals surface area (Å²) in [6, 6.07) is 0. The zero-order chi connectivity index (χ0) is 19.8. The molecular weight excluding hydrogens is 370 g/mol. The van der Waals surface area contributed by atoms with Gasteiger partial charge in [0.05, 0.1) is 0 Å². The monoisotopic (exact) mass is 407 g/mol. The van der Waals surface area contributed by atoms with E-state index in [-0.39, 0.29) is 0 Å². The van der Waals surface area contributed by atoms with E-state index in [0.717, 1.165) is 62.0 Å². The first-order valence-electron chi connectivity index (χ1n) is 10.9. The number of piperidine rings is 1. The van der Waals surface area contributed by atoms with Crippen LogP contribution in [0.25, 0.3) is 0 Å². The number of piperazine rings is 1. The van der Waals surface area contributed by atoms with E-state index in [4.69, 9.17) is 0 Å². The van der Waals surface area contributed by atoms with Crippen LogP contribution in [0.2, 0.25) is 0 Å². The Balaban J connectivity index is 1.32. The van der Waals surface area contributed by atoms with Crippen molar-refractivity contribution < 1.29 is 0 Å². The van der Waals surface area contributed by atoms with Gasteiger partial charge in [-0.2, -0.15) is 4.37 Å². The number of aryl methyl sites for hydroxylation is 1. The van der Waals surface area contributed by atoms with Crippen LogP contribution in [-0.2, 0) is 6.42 Å². The van der Waals surface area contributed by atoms with Crippen molar-refractivity contribution in [2.45, 2.75) is 46.0 Å². The van der Waals surface area contributed by atoms with E-state index in [1.165, 1.54) is 56.9 Å². The van der Waals surface area contributed by atoms with Gasteiger partial charge in [0.15, 0.2) is 5.96 Å². The summed E-state index contributed by atoms with van der Waals surface area (Å²) in [6.45, 7) is 13.2. The van der Waals surface area contributed by atoms with E-state index in [2.05, 4.69) is 48.2 Å². The molecule has 0 radical (unpaired) electrons. The molecule has 1 aromatic heterocycles. The Morgan fingerprint density at radius 2 is 1.89 bits per heavy atom. The van der Waals surface area contributed by atoms with Gasteiger partial charge >= 0.3 is 0 Å². The normalized spacial score (nSPS) is 20.0. The topological polar surface area (TPSA) is 59.9 Å². The van der Waals surface area contributed by atoms with Crippen molar-refractivity contribution >= 4 is 22.6 Å². The highest BCUT2D eigenvalue weighted by molar-refractivity contribution is 7.09. The summed E-state index contributed by atoms with van der Waals surface area (Å²) in [6.07, 6.45) is 6.11. The molecule has 3 heterocycles. The molecule has 3 rings (SSSR count). The van der Waals surface area contributed by atoms with Gasteiger partial charge in [-0.05, 0) is 51.2 Å². The van der Waals surface area contributed by atoms with Crippen molar-refractivity contribution in [2.24, 2.45) is 10.9 Å². The molecule has 8 heteroatoms. The number of aromatic nitrogens is 2. The zero-order valence-corrected chi connectivity index (χ0v) is 18.7. The molecule has 1 aromatic rings. The quantitative estimate of drug-likeness (QED) is 0.425. The lowest BCUT2D eigenvalue weighted by Gasteiger charge is -2.36. The summed E-state index contributed by atoms with van der Waals surface area (Å²) < 4.78 is 4.41. The number of unbranched alkanes of at least 4 members (excludes halogenated alkanes) is 1. The van der Waals surface area contributed by atoms with Crippen LogP contribution in [0, 0.1) is 5.92 Å². The van der Waals surface area contributed by atoms with Gasteiger partial charge < -0.3 is 20.0 Å². The van der Waals surface area contributed by atoms with Crippen LogP contribution in [0.3, 0.4) is 0 Å². The number of hydrogen-bond acceptors (Lipinski definition) is 6. The number of hydrogen-bond donors (Lipinski definition) is 1. The highest BCUT2D eigenvalue weighted by atomic mass is 32.1. The minimum Gasteiger partial charge on any atom is -0.356 e. The van der Waals surface area contributed by atoms with Crippen molar-refractivity contribution in [3.05, 3.63) is 5.82 Å². The van der Waals surface area contributed by atoms with Gasteiger partial charge in [0.1, 0.15) is 5.82 Å². The van der Waals surface area contributed by atoms with E-state index in [1.807, 2.05) is 7.05 Å². The number of nitrogens with zero attached hydrogens (tertiary/aromatic N) is 6. The van der Waals surface area contributed by atoms with Gasteiger partial charge in [-0.1, -0.05) is 13.8 Å². The summed E-state index contributed by atoms with van der Waals surface area (Å²) >= 11 is 1.52. The van der Waals surface area contributed by atoms with Crippen LogP contribution in [0.5, 0.6) is 0 Å². The molecule has 2 aliphatic heterocycles. The number of anilines is 1. The first-order valence-corrected chi connectivity index (χ1v) is 11.7. The Labute approximate surface area is 174 Å². The van der Waals surface area contributed by atoms with E-state index >= 15 is 0 Å². The number of aliphatic imine (C=N–C) groups is 1. The van der Waals surface area contributed by atoms with Crippen LogP contribution in [0.1, 0.15) is 45.4 Å². The molecule has 0 atom stereocenters. The van der Waals surface area contributed by atoms with Crippen molar-refractivity contribution in [2.75, 3.05) is 64.3 Å². The van der Waals surface area contributed by atoms with Crippen LogP contribution in [-0.4, -0.2) is 84.5 Å². The fraction of sp³-hybridized carbons (Fsp3) is 0.850. The van der Waals surface area contributed by atoms with E-state index in [1.54, 1.807) is 0 Å². The largest absolute Gasteiger partial charge is 0.356 e. The standard InChI is InChI=1S/C20H37N7S/c1-4-18-23-20(28-24-18)27-15-13-26(14-16-27)19(21-3)22-9-5-6-10-25-11-7-17(2)8-12-25/h17H,4-16H2,1-3H3,(H,21,22). The minimum atomic E-state index is 0.907. The second-order valence-corrected chi connectivity index (χ2v) is 8.76. The molecule has 158 valence electrons. The average molecular weight is 408 g/mol. The van der Waals surface area contributed by atoms with Crippen LogP contribution >= 0.6 is 11.5 Å². The maximum Gasteiger partial charge on any atom is 0.205 e. The van der Waals surface area contributed by atoms with Crippen LogP contribution in [0.4, 0.5) is 5.13 Å².